The minimum Gasteiger partial charge on any atom is -0.398 e. The summed E-state index contributed by atoms with van der Waals surface area (Å²) in [4.78, 5) is 24.3. The lowest BCUT2D eigenvalue weighted by atomic mass is 10.1. The van der Waals surface area contributed by atoms with Crippen LogP contribution in [-0.4, -0.2) is 36.9 Å². The van der Waals surface area contributed by atoms with Crippen LogP contribution in [0.3, 0.4) is 0 Å². The number of benzene rings is 1. The lowest BCUT2D eigenvalue weighted by molar-refractivity contribution is -0.121. The van der Waals surface area contributed by atoms with Gasteiger partial charge in [-0.05, 0) is 24.2 Å². The molecule has 19 heavy (non-hydrogen) atoms. The van der Waals surface area contributed by atoms with E-state index in [0.717, 1.165) is 12.1 Å². The van der Waals surface area contributed by atoms with Crippen molar-refractivity contribution in [3.8, 4) is 0 Å². The van der Waals surface area contributed by atoms with Crippen molar-refractivity contribution in [2.75, 3.05) is 25.9 Å². The zero-order valence-electron chi connectivity index (χ0n) is 11.3. The van der Waals surface area contributed by atoms with E-state index in [-0.39, 0.29) is 5.91 Å². The Morgan fingerprint density at radius 2 is 2.05 bits per heavy atom. The molecular formula is C13H20N4O2. The first-order valence-corrected chi connectivity index (χ1v) is 6.09. The van der Waals surface area contributed by atoms with Gasteiger partial charge in [0.2, 0.25) is 11.8 Å². The number of hydrogen-bond acceptors (Lipinski definition) is 4. The second-order valence-corrected chi connectivity index (χ2v) is 4.25. The number of hydrogen-bond donors (Lipinski definition) is 3. The third-order valence-electron chi connectivity index (χ3n) is 2.92. The van der Waals surface area contributed by atoms with Crippen molar-refractivity contribution in [1.29, 1.82) is 0 Å². The van der Waals surface area contributed by atoms with Crippen LogP contribution >= 0.6 is 0 Å². The highest BCUT2D eigenvalue weighted by atomic mass is 16.2. The van der Waals surface area contributed by atoms with E-state index in [1.54, 1.807) is 25.2 Å². The number of primary amides is 1. The molecule has 5 N–H and O–H groups in total. The number of nitrogens with two attached hydrogens (primary N) is 2. The standard InChI is InChI=1S/C13H20N4O2/c1-3-17(8-12(18)16-2)7-10-5-4-9(13(15)19)6-11(10)14/h4-6H,3,7-8,14H2,1-2H3,(H2,15,19)(H,16,18). The van der Waals surface area contributed by atoms with Gasteiger partial charge >= 0.3 is 0 Å². The summed E-state index contributed by atoms with van der Waals surface area (Å²) < 4.78 is 0. The molecule has 0 unspecified atom stereocenters. The van der Waals surface area contributed by atoms with Gasteiger partial charge in [0.25, 0.3) is 0 Å². The molecule has 1 aromatic carbocycles. The number of anilines is 1. The van der Waals surface area contributed by atoms with Gasteiger partial charge in [0, 0.05) is 24.8 Å². The predicted octanol–water partition coefficient (Wildman–Crippen LogP) is -0.0644. The monoisotopic (exact) mass is 264 g/mol. The number of carbonyl (C=O) groups excluding carboxylic acids is 2. The number of nitrogens with one attached hydrogen (secondary N) is 1. The van der Waals surface area contributed by atoms with E-state index in [1.807, 2.05) is 11.8 Å². The summed E-state index contributed by atoms with van der Waals surface area (Å²) in [6.07, 6.45) is 0. The molecule has 0 aliphatic carbocycles. The van der Waals surface area contributed by atoms with E-state index in [0.29, 0.717) is 24.3 Å². The molecule has 0 saturated heterocycles. The molecule has 0 bridgehead atoms. The normalized spacial score (nSPS) is 10.5. The van der Waals surface area contributed by atoms with Crippen LogP contribution in [-0.2, 0) is 11.3 Å². The largest absolute Gasteiger partial charge is 0.398 e. The van der Waals surface area contributed by atoms with Gasteiger partial charge in [-0.3, -0.25) is 14.5 Å². The lowest BCUT2D eigenvalue weighted by Crippen LogP contribution is -2.35. The van der Waals surface area contributed by atoms with Crippen molar-refractivity contribution in [3.63, 3.8) is 0 Å². The number of nitrogens with zero attached hydrogens (tertiary/aromatic N) is 1. The summed E-state index contributed by atoms with van der Waals surface area (Å²) >= 11 is 0. The highest BCUT2D eigenvalue weighted by Gasteiger charge is 2.11. The smallest absolute Gasteiger partial charge is 0.248 e. The van der Waals surface area contributed by atoms with Crippen molar-refractivity contribution in [3.05, 3.63) is 29.3 Å². The molecule has 1 rings (SSSR count). The van der Waals surface area contributed by atoms with Crippen LogP contribution in [0.1, 0.15) is 22.8 Å². The second kappa shape index (κ2) is 6.75. The summed E-state index contributed by atoms with van der Waals surface area (Å²) in [5, 5.41) is 2.58. The third kappa shape index (κ3) is 4.26. The lowest BCUT2D eigenvalue weighted by Gasteiger charge is -2.20. The molecule has 6 nitrogen and oxygen atoms in total. The molecule has 0 aromatic heterocycles. The van der Waals surface area contributed by atoms with E-state index >= 15 is 0 Å². The van der Waals surface area contributed by atoms with E-state index in [2.05, 4.69) is 5.32 Å². The molecule has 2 amide bonds. The number of amides is 2. The zero-order valence-corrected chi connectivity index (χ0v) is 11.3. The molecule has 0 spiro atoms. The van der Waals surface area contributed by atoms with E-state index < -0.39 is 5.91 Å². The zero-order chi connectivity index (χ0) is 14.4. The maximum atomic E-state index is 11.4. The Morgan fingerprint density at radius 3 is 2.53 bits per heavy atom. The minimum absolute atomic E-state index is 0.0471. The summed E-state index contributed by atoms with van der Waals surface area (Å²) in [5.41, 5.74) is 12.8. The maximum Gasteiger partial charge on any atom is 0.248 e. The van der Waals surface area contributed by atoms with Gasteiger partial charge in [0.1, 0.15) is 0 Å². The highest BCUT2D eigenvalue weighted by molar-refractivity contribution is 5.93. The summed E-state index contributed by atoms with van der Waals surface area (Å²) in [7, 11) is 1.60. The van der Waals surface area contributed by atoms with Crippen LogP contribution in [0.2, 0.25) is 0 Å². The van der Waals surface area contributed by atoms with Gasteiger partial charge in [0.05, 0.1) is 6.54 Å². The minimum atomic E-state index is -0.504. The Bertz CT molecular complexity index is 474. The van der Waals surface area contributed by atoms with Crippen LogP contribution < -0.4 is 16.8 Å². The van der Waals surface area contributed by atoms with Gasteiger partial charge in [0.15, 0.2) is 0 Å². The Kier molecular flexibility index (Phi) is 5.32. The molecule has 0 radical (unpaired) electrons. The van der Waals surface area contributed by atoms with E-state index in [1.165, 1.54) is 0 Å². The van der Waals surface area contributed by atoms with Crippen LogP contribution in [0, 0.1) is 0 Å². The van der Waals surface area contributed by atoms with Crippen molar-refractivity contribution < 1.29 is 9.59 Å². The van der Waals surface area contributed by atoms with Gasteiger partial charge in [-0.15, -0.1) is 0 Å². The average Bonchev–Trinajstić information content (AvgIpc) is 2.39. The molecular weight excluding hydrogens is 244 g/mol. The number of likely N-dealkylation sites (N-methyl/N-ethyl adjacent to an activating group) is 2. The fourth-order valence-corrected chi connectivity index (χ4v) is 1.69. The summed E-state index contributed by atoms with van der Waals surface area (Å²) in [6.45, 7) is 3.56. The fourth-order valence-electron chi connectivity index (χ4n) is 1.69. The van der Waals surface area contributed by atoms with E-state index in [4.69, 9.17) is 11.5 Å². The van der Waals surface area contributed by atoms with Crippen LogP contribution in [0.25, 0.3) is 0 Å². The first kappa shape index (κ1) is 15.0. The third-order valence-corrected chi connectivity index (χ3v) is 2.92. The first-order valence-electron chi connectivity index (χ1n) is 6.09. The Hall–Kier alpha value is -2.08. The molecule has 1 aromatic rings. The van der Waals surface area contributed by atoms with Crippen LogP contribution in [0.5, 0.6) is 0 Å². The number of nitrogen functional groups attached to an aromatic ring is 1. The highest BCUT2D eigenvalue weighted by Crippen LogP contribution is 2.16. The van der Waals surface area contributed by atoms with Gasteiger partial charge in [-0.2, -0.15) is 0 Å². The Labute approximate surface area is 112 Å². The predicted molar refractivity (Wildman–Crippen MR) is 74.4 cm³/mol. The van der Waals surface area contributed by atoms with Gasteiger partial charge < -0.3 is 16.8 Å². The maximum absolute atomic E-state index is 11.4. The molecule has 104 valence electrons. The number of rotatable bonds is 6. The Morgan fingerprint density at radius 1 is 1.37 bits per heavy atom. The van der Waals surface area contributed by atoms with Crippen molar-refractivity contribution in [2.45, 2.75) is 13.5 Å². The quantitative estimate of drug-likeness (QED) is 0.626. The summed E-state index contributed by atoms with van der Waals surface area (Å²) in [5.74, 6) is -0.551. The topological polar surface area (TPSA) is 101 Å². The van der Waals surface area contributed by atoms with Crippen LogP contribution in [0.15, 0.2) is 18.2 Å². The molecule has 0 atom stereocenters. The first-order chi connectivity index (χ1) is 8.97. The molecule has 6 heteroatoms. The molecule has 0 aliphatic heterocycles. The molecule has 0 fully saturated rings. The van der Waals surface area contributed by atoms with Crippen molar-refractivity contribution >= 4 is 17.5 Å². The van der Waals surface area contributed by atoms with Crippen molar-refractivity contribution in [2.24, 2.45) is 5.73 Å². The fraction of sp³-hybridized carbons (Fsp3) is 0.385. The SMILES string of the molecule is CCN(CC(=O)NC)Cc1ccc(C(N)=O)cc1N. The summed E-state index contributed by atoms with van der Waals surface area (Å²) in [6, 6.07) is 4.97. The molecule has 0 heterocycles. The Balaban J connectivity index is 2.80. The van der Waals surface area contributed by atoms with Gasteiger partial charge in [-0.25, -0.2) is 0 Å². The second-order valence-electron chi connectivity index (χ2n) is 4.25. The molecule has 0 saturated carbocycles. The number of carbonyl (C=O) groups is 2. The van der Waals surface area contributed by atoms with Gasteiger partial charge in [-0.1, -0.05) is 13.0 Å². The van der Waals surface area contributed by atoms with Crippen molar-refractivity contribution in [1.82, 2.24) is 10.2 Å². The average molecular weight is 264 g/mol. The van der Waals surface area contributed by atoms with Crippen LogP contribution in [0.4, 0.5) is 5.69 Å². The molecule has 0 aliphatic rings. The van der Waals surface area contributed by atoms with E-state index in [9.17, 15) is 9.59 Å².